The van der Waals surface area contributed by atoms with E-state index in [9.17, 15) is 18.0 Å². The Kier molecular flexibility index (Phi) is 6.01. The van der Waals surface area contributed by atoms with Gasteiger partial charge in [-0.2, -0.15) is 18.2 Å². The molecule has 3 aromatic heterocycles. The zero-order valence-electron chi connectivity index (χ0n) is 21.1. The molecular formula is C26H20F3N9O2. The van der Waals surface area contributed by atoms with E-state index in [1.165, 1.54) is 0 Å². The average molecular weight is 548 g/mol. The Labute approximate surface area is 224 Å². The van der Waals surface area contributed by atoms with Crippen molar-refractivity contribution in [3.8, 4) is 0 Å². The third-order valence-corrected chi connectivity index (χ3v) is 6.28. The molecule has 0 aliphatic carbocycles. The molecule has 0 atom stereocenters. The predicted octanol–water partition coefficient (Wildman–Crippen LogP) is 4.66. The number of anilines is 4. The second-order valence-electron chi connectivity index (χ2n) is 9.05. The predicted molar refractivity (Wildman–Crippen MR) is 140 cm³/mol. The van der Waals surface area contributed by atoms with E-state index < -0.39 is 17.6 Å². The minimum Gasteiger partial charge on any atom is -0.408 e. The molecule has 0 bridgehead atoms. The summed E-state index contributed by atoms with van der Waals surface area (Å²) < 4.78 is 44.6. The van der Waals surface area contributed by atoms with E-state index in [-0.39, 0.29) is 17.7 Å². The summed E-state index contributed by atoms with van der Waals surface area (Å²) in [6.45, 7) is 4.75. The highest BCUT2D eigenvalue weighted by Crippen LogP contribution is 2.37. The lowest BCUT2D eigenvalue weighted by Gasteiger charge is -2.28. The molecule has 2 aliphatic rings. The standard InChI is InChI=1S/C26H20F3N9O2/c1-13-3-4-17(33-23(39)20-10-16(5-6-30-20)26(27,28)29)11-18(13)19-9-15-12-32-24(35-25-37-36-14(2)40-25)34-21(15)38-8-7-31-22(19)38/h3-6,9-12H,7-8H2,1-2H3,(H,33,39)(H,32,34,35,37). The largest absolute Gasteiger partial charge is 0.416 e. The van der Waals surface area contributed by atoms with Crippen LogP contribution in [0.5, 0.6) is 0 Å². The van der Waals surface area contributed by atoms with Crippen LogP contribution in [-0.4, -0.2) is 50.0 Å². The van der Waals surface area contributed by atoms with Gasteiger partial charge in [-0.05, 0) is 48.4 Å². The number of aryl methyl sites for hydroxylation is 2. The number of amides is 1. The first kappa shape index (κ1) is 25.2. The Morgan fingerprint density at radius 2 is 1.95 bits per heavy atom. The summed E-state index contributed by atoms with van der Waals surface area (Å²) in [5, 5.41) is 13.2. The van der Waals surface area contributed by atoms with Gasteiger partial charge in [0, 0.05) is 42.7 Å². The number of carbonyl (C=O) groups is 1. The lowest BCUT2D eigenvalue weighted by Crippen LogP contribution is -2.32. The summed E-state index contributed by atoms with van der Waals surface area (Å²) in [6, 6.07) is 6.96. The summed E-state index contributed by atoms with van der Waals surface area (Å²) in [4.78, 5) is 32.2. The molecule has 0 radical (unpaired) electrons. The summed E-state index contributed by atoms with van der Waals surface area (Å²) >= 11 is 0. The highest BCUT2D eigenvalue weighted by atomic mass is 19.4. The smallest absolute Gasteiger partial charge is 0.408 e. The zero-order valence-corrected chi connectivity index (χ0v) is 21.1. The summed E-state index contributed by atoms with van der Waals surface area (Å²) in [5.41, 5.74) is 2.35. The van der Waals surface area contributed by atoms with Gasteiger partial charge in [0.2, 0.25) is 11.8 Å². The molecule has 0 fully saturated rings. The molecule has 202 valence electrons. The molecule has 5 heterocycles. The van der Waals surface area contributed by atoms with E-state index in [0.717, 1.165) is 40.6 Å². The van der Waals surface area contributed by atoms with Crippen LogP contribution in [0.25, 0.3) is 11.6 Å². The average Bonchev–Trinajstić information content (AvgIpc) is 3.58. The highest BCUT2D eigenvalue weighted by Gasteiger charge is 2.32. The van der Waals surface area contributed by atoms with E-state index >= 15 is 0 Å². The van der Waals surface area contributed by atoms with Gasteiger partial charge in [-0.25, -0.2) is 4.98 Å². The molecule has 2 N–H and O–H groups in total. The Morgan fingerprint density at radius 3 is 2.73 bits per heavy atom. The van der Waals surface area contributed by atoms with Crippen molar-refractivity contribution in [3.63, 3.8) is 0 Å². The van der Waals surface area contributed by atoms with Gasteiger partial charge in [-0.1, -0.05) is 11.2 Å². The Bertz CT molecular complexity index is 1710. The van der Waals surface area contributed by atoms with Gasteiger partial charge in [0.05, 0.1) is 12.1 Å². The normalized spacial score (nSPS) is 14.3. The van der Waals surface area contributed by atoms with Crippen LogP contribution in [0.2, 0.25) is 0 Å². The number of nitrogens with zero attached hydrogens (tertiary/aromatic N) is 7. The lowest BCUT2D eigenvalue weighted by atomic mass is 9.94. The van der Waals surface area contributed by atoms with Crippen LogP contribution in [0.15, 0.2) is 52.1 Å². The molecule has 0 saturated heterocycles. The number of halogens is 3. The van der Waals surface area contributed by atoms with Crippen LogP contribution >= 0.6 is 0 Å². The van der Waals surface area contributed by atoms with E-state index in [0.29, 0.717) is 36.3 Å². The minimum atomic E-state index is -4.58. The molecule has 0 spiro atoms. The van der Waals surface area contributed by atoms with Gasteiger partial charge in [0.25, 0.3) is 5.91 Å². The fraction of sp³-hybridized carbons (Fsp3) is 0.192. The van der Waals surface area contributed by atoms with Crippen LogP contribution in [0.4, 0.5) is 36.6 Å². The summed E-state index contributed by atoms with van der Waals surface area (Å²) in [7, 11) is 0. The van der Waals surface area contributed by atoms with Crippen molar-refractivity contribution < 1.29 is 22.4 Å². The molecule has 1 aromatic carbocycles. The van der Waals surface area contributed by atoms with Crippen molar-refractivity contribution in [3.05, 3.63) is 76.6 Å². The monoisotopic (exact) mass is 547 g/mol. The molecule has 40 heavy (non-hydrogen) atoms. The Morgan fingerprint density at radius 1 is 1.10 bits per heavy atom. The maximum absolute atomic E-state index is 13.1. The Hall–Kier alpha value is -5.14. The number of fused-ring (bicyclic) bond motifs is 3. The number of hydrogen-bond acceptors (Lipinski definition) is 10. The number of amidine groups is 1. The zero-order chi connectivity index (χ0) is 28.0. The Balaban J connectivity index is 1.31. The fourth-order valence-electron chi connectivity index (χ4n) is 4.42. The van der Waals surface area contributed by atoms with Crippen LogP contribution in [0.3, 0.4) is 0 Å². The number of alkyl halides is 3. The van der Waals surface area contributed by atoms with Crippen molar-refractivity contribution in [2.24, 2.45) is 4.99 Å². The highest BCUT2D eigenvalue weighted by molar-refractivity contribution is 6.36. The van der Waals surface area contributed by atoms with Gasteiger partial charge in [0.1, 0.15) is 17.3 Å². The second kappa shape index (κ2) is 9.55. The number of nitrogens with one attached hydrogen (secondary N) is 2. The first-order valence-corrected chi connectivity index (χ1v) is 12.1. The van der Waals surface area contributed by atoms with Gasteiger partial charge in [-0.3, -0.25) is 20.1 Å². The maximum Gasteiger partial charge on any atom is 0.416 e. The third kappa shape index (κ3) is 4.74. The first-order chi connectivity index (χ1) is 19.2. The van der Waals surface area contributed by atoms with Crippen molar-refractivity contribution in [1.82, 2.24) is 25.1 Å². The number of carbonyl (C=O) groups excluding carboxylic acids is 1. The van der Waals surface area contributed by atoms with Gasteiger partial charge >= 0.3 is 12.2 Å². The molecule has 1 amide bonds. The first-order valence-electron chi connectivity index (χ1n) is 12.1. The second-order valence-corrected chi connectivity index (χ2v) is 9.05. The van der Waals surface area contributed by atoms with Gasteiger partial charge < -0.3 is 14.6 Å². The number of hydrogen-bond donors (Lipinski definition) is 2. The van der Waals surface area contributed by atoms with E-state index in [4.69, 9.17) is 9.41 Å². The van der Waals surface area contributed by atoms with Gasteiger partial charge in [-0.15, -0.1) is 5.10 Å². The third-order valence-electron chi connectivity index (χ3n) is 6.28. The SMILES string of the molecule is Cc1nnc(Nc2ncc3c(n2)N2CCN=C2C(c2cc(NC(=O)c4cc(C(F)(F)F)ccn4)ccc2C)=C3)o1. The van der Waals surface area contributed by atoms with E-state index in [1.54, 1.807) is 25.3 Å². The quantitative estimate of drug-likeness (QED) is 0.366. The number of benzene rings is 1. The van der Waals surface area contributed by atoms with Crippen molar-refractivity contribution in [2.75, 3.05) is 28.6 Å². The van der Waals surface area contributed by atoms with Crippen molar-refractivity contribution in [1.29, 1.82) is 0 Å². The molecule has 11 nitrogen and oxygen atoms in total. The minimum absolute atomic E-state index is 0.176. The summed E-state index contributed by atoms with van der Waals surface area (Å²) in [6.07, 6.45) is -0.0390. The fourth-order valence-corrected chi connectivity index (χ4v) is 4.42. The van der Waals surface area contributed by atoms with E-state index in [1.807, 2.05) is 24.0 Å². The topological polar surface area (TPSA) is 134 Å². The van der Waals surface area contributed by atoms with Crippen LogP contribution in [0.1, 0.15) is 38.6 Å². The summed E-state index contributed by atoms with van der Waals surface area (Å²) in [5.74, 6) is 1.30. The van der Waals surface area contributed by atoms with E-state index in [2.05, 4.69) is 35.8 Å². The molecular weight excluding hydrogens is 527 g/mol. The molecule has 2 aliphatic heterocycles. The molecule has 0 saturated carbocycles. The van der Waals surface area contributed by atoms with Crippen molar-refractivity contribution >= 4 is 46.9 Å². The van der Waals surface area contributed by atoms with Gasteiger partial charge in [0.15, 0.2) is 0 Å². The number of aliphatic imine (C=N–C) groups is 1. The molecule has 0 unspecified atom stereocenters. The maximum atomic E-state index is 13.1. The van der Waals surface area contributed by atoms with Crippen LogP contribution < -0.4 is 15.5 Å². The molecule has 4 aromatic rings. The lowest BCUT2D eigenvalue weighted by molar-refractivity contribution is -0.137. The number of pyridine rings is 1. The molecule has 6 rings (SSSR count). The van der Waals surface area contributed by atoms with Crippen LogP contribution in [0, 0.1) is 13.8 Å². The number of rotatable bonds is 5. The molecule has 14 heteroatoms. The van der Waals surface area contributed by atoms with Crippen LogP contribution in [-0.2, 0) is 6.18 Å². The van der Waals surface area contributed by atoms with Crippen molar-refractivity contribution in [2.45, 2.75) is 20.0 Å². The number of aromatic nitrogens is 5.